The highest BCUT2D eigenvalue weighted by molar-refractivity contribution is 5.78. The first-order valence-corrected chi connectivity index (χ1v) is 7.83. The van der Waals surface area contributed by atoms with E-state index in [-0.39, 0.29) is 29.9 Å². The molecule has 1 aromatic carbocycles. The van der Waals surface area contributed by atoms with Gasteiger partial charge in [0.15, 0.2) is 5.96 Å². The fraction of sp³-hybridized carbons (Fsp3) is 0.529. The van der Waals surface area contributed by atoms with Gasteiger partial charge in [0.05, 0.1) is 5.92 Å². The molecule has 0 radical (unpaired) electrons. The van der Waals surface area contributed by atoms with E-state index in [0.717, 1.165) is 18.4 Å². The lowest BCUT2D eigenvalue weighted by molar-refractivity contribution is -0.153. The van der Waals surface area contributed by atoms with Crippen molar-refractivity contribution in [3.63, 3.8) is 0 Å². The molecule has 1 aromatic rings. The lowest BCUT2D eigenvalue weighted by Gasteiger charge is -2.33. The number of piperidine rings is 1. The number of carbonyl (C=O) groups is 1. The van der Waals surface area contributed by atoms with Gasteiger partial charge in [-0.25, -0.2) is 0 Å². The predicted molar refractivity (Wildman–Crippen MR) is 86.6 cm³/mol. The van der Waals surface area contributed by atoms with Crippen molar-refractivity contribution in [1.82, 2.24) is 4.90 Å². The summed E-state index contributed by atoms with van der Waals surface area (Å²) in [7, 11) is 0. The highest BCUT2D eigenvalue weighted by Gasteiger charge is 2.29. The van der Waals surface area contributed by atoms with E-state index in [1.807, 2.05) is 49.1 Å². The highest BCUT2D eigenvalue weighted by Crippen LogP contribution is 2.27. The van der Waals surface area contributed by atoms with E-state index >= 15 is 0 Å². The van der Waals surface area contributed by atoms with Crippen molar-refractivity contribution in [3.05, 3.63) is 35.9 Å². The molecule has 0 bridgehead atoms. The third-order valence-corrected chi connectivity index (χ3v) is 4.14. The Morgan fingerprint density at radius 1 is 1.27 bits per heavy atom. The summed E-state index contributed by atoms with van der Waals surface area (Å²) in [6, 6.07) is 9.80. The van der Waals surface area contributed by atoms with E-state index in [1.165, 1.54) is 0 Å². The highest BCUT2D eigenvalue weighted by atomic mass is 16.5. The van der Waals surface area contributed by atoms with Crippen molar-refractivity contribution in [2.24, 2.45) is 11.7 Å². The van der Waals surface area contributed by atoms with Crippen LogP contribution >= 0.6 is 0 Å². The molecule has 120 valence electrons. The number of guanidine groups is 1. The van der Waals surface area contributed by atoms with E-state index in [0.29, 0.717) is 13.1 Å². The van der Waals surface area contributed by atoms with E-state index < -0.39 is 0 Å². The summed E-state index contributed by atoms with van der Waals surface area (Å²) in [5, 5.41) is 7.43. The van der Waals surface area contributed by atoms with E-state index in [4.69, 9.17) is 15.9 Å². The molecular weight excluding hydrogens is 278 g/mol. The second-order valence-electron chi connectivity index (χ2n) is 6.14. The normalized spacial score (nSPS) is 17.3. The average molecular weight is 303 g/mol. The van der Waals surface area contributed by atoms with E-state index in [2.05, 4.69) is 0 Å². The fourth-order valence-electron chi connectivity index (χ4n) is 2.91. The van der Waals surface area contributed by atoms with Crippen LogP contribution in [0.2, 0.25) is 0 Å². The molecule has 5 nitrogen and oxygen atoms in total. The van der Waals surface area contributed by atoms with Gasteiger partial charge in [-0.2, -0.15) is 0 Å². The molecule has 1 aliphatic rings. The second kappa shape index (κ2) is 7.29. The minimum absolute atomic E-state index is 0.0759. The quantitative estimate of drug-likeness (QED) is 0.508. The Kier molecular flexibility index (Phi) is 5.41. The van der Waals surface area contributed by atoms with Gasteiger partial charge >= 0.3 is 5.97 Å². The number of nitrogens with zero attached hydrogens (tertiary/aromatic N) is 1. The van der Waals surface area contributed by atoms with E-state index in [1.54, 1.807) is 0 Å². The molecule has 0 saturated carbocycles. The van der Waals surface area contributed by atoms with Crippen LogP contribution in [0.3, 0.4) is 0 Å². The Bertz CT molecular complexity index is 508. The number of benzene rings is 1. The zero-order valence-corrected chi connectivity index (χ0v) is 13.3. The SMILES string of the molecule is CC(C)C(C(=O)OC1CCN(C(=N)N)CC1)c1ccccc1. The molecule has 1 aliphatic heterocycles. The number of nitrogens with one attached hydrogen (secondary N) is 1. The average Bonchev–Trinajstić information content (AvgIpc) is 2.48. The minimum atomic E-state index is -0.230. The number of carbonyl (C=O) groups excluding carboxylic acids is 1. The number of ether oxygens (including phenoxy) is 1. The smallest absolute Gasteiger partial charge is 0.313 e. The van der Waals surface area contributed by atoms with Gasteiger partial charge in [-0.15, -0.1) is 0 Å². The number of hydrogen-bond acceptors (Lipinski definition) is 3. The van der Waals surface area contributed by atoms with Crippen molar-refractivity contribution in [3.8, 4) is 0 Å². The van der Waals surface area contributed by atoms with Gasteiger partial charge in [0, 0.05) is 25.9 Å². The molecule has 1 unspecified atom stereocenters. The molecule has 0 spiro atoms. The monoisotopic (exact) mass is 303 g/mol. The van der Waals surface area contributed by atoms with Crippen molar-refractivity contribution < 1.29 is 9.53 Å². The summed E-state index contributed by atoms with van der Waals surface area (Å²) in [5.41, 5.74) is 6.48. The molecule has 0 aromatic heterocycles. The van der Waals surface area contributed by atoms with Gasteiger partial charge in [-0.1, -0.05) is 44.2 Å². The molecule has 0 aliphatic carbocycles. The van der Waals surface area contributed by atoms with Crippen molar-refractivity contribution >= 4 is 11.9 Å². The van der Waals surface area contributed by atoms with Gasteiger partial charge in [-0.05, 0) is 11.5 Å². The van der Waals surface area contributed by atoms with Gasteiger partial charge in [-0.3, -0.25) is 10.2 Å². The van der Waals surface area contributed by atoms with Crippen molar-refractivity contribution in [2.75, 3.05) is 13.1 Å². The van der Waals surface area contributed by atoms with Crippen molar-refractivity contribution in [2.45, 2.75) is 38.7 Å². The predicted octanol–water partition coefficient (Wildman–Crippen LogP) is 2.33. The third kappa shape index (κ3) is 4.00. The molecule has 1 saturated heterocycles. The van der Waals surface area contributed by atoms with Gasteiger partial charge in [0.25, 0.3) is 0 Å². The molecule has 1 heterocycles. The molecule has 0 amide bonds. The molecule has 5 heteroatoms. The van der Waals surface area contributed by atoms with Gasteiger partial charge in [0.1, 0.15) is 6.10 Å². The largest absolute Gasteiger partial charge is 0.462 e. The maximum absolute atomic E-state index is 12.6. The summed E-state index contributed by atoms with van der Waals surface area (Å²) < 4.78 is 5.72. The maximum atomic E-state index is 12.6. The van der Waals surface area contributed by atoms with Crippen LogP contribution < -0.4 is 5.73 Å². The summed E-state index contributed by atoms with van der Waals surface area (Å²) in [4.78, 5) is 14.4. The number of nitrogens with two attached hydrogens (primary N) is 1. The number of rotatable bonds is 4. The maximum Gasteiger partial charge on any atom is 0.313 e. The fourth-order valence-corrected chi connectivity index (χ4v) is 2.91. The Balaban J connectivity index is 1.97. The summed E-state index contributed by atoms with van der Waals surface area (Å²) in [6.07, 6.45) is 1.38. The Morgan fingerprint density at radius 3 is 2.36 bits per heavy atom. The number of likely N-dealkylation sites (tertiary alicyclic amines) is 1. The zero-order valence-electron chi connectivity index (χ0n) is 13.3. The van der Waals surface area contributed by atoms with Crippen LogP contribution in [-0.4, -0.2) is 36.0 Å². The van der Waals surface area contributed by atoms with Crippen LogP contribution in [0.15, 0.2) is 30.3 Å². The molecular formula is C17H25N3O2. The van der Waals surface area contributed by atoms with Gasteiger partial charge in [0.2, 0.25) is 0 Å². The molecule has 1 atom stereocenters. The number of hydrogen-bond donors (Lipinski definition) is 2. The van der Waals surface area contributed by atoms with Crippen LogP contribution in [0.4, 0.5) is 0 Å². The zero-order chi connectivity index (χ0) is 16.1. The van der Waals surface area contributed by atoms with Crippen molar-refractivity contribution in [1.29, 1.82) is 5.41 Å². The molecule has 3 N–H and O–H groups in total. The molecule has 2 rings (SSSR count). The summed E-state index contributed by atoms with van der Waals surface area (Å²) >= 11 is 0. The minimum Gasteiger partial charge on any atom is -0.462 e. The second-order valence-corrected chi connectivity index (χ2v) is 6.14. The lowest BCUT2D eigenvalue weighted by Crippen LogP contribution is -2.44. The van der Waals surface area contributed by atoms with E-state index in [9.17, 15) is 4.79 Å². The van der Waals surface area contributed by atoms with Crippen LogP contribution in [-0.2, 0) is 9.53 Å². The standard InChI is InChI=1S/C17H25N3O2/c1-12(2)15(13-6-4-3-5-7-13)16(21)22-14-8-10-20(11-9-14)17(18)19/h3-7,12,14-15H,8-11H2,1-2H3,(H3,18,19). The van der Waals surface area contributed by atoms with Crippen LogP contribution in [0.5, 0.6) is 0 Å². The summed E-state index contributed by atoms with van der Waals surface area (Å²) in [6.45, 7) is 5.42. The van der Waals surface area contributed by atoms with Crippen LogP contribution in [0, 0.1) is 11.3 Å². The Morgan fingerprint density at radius 2 is 1.86 bits per heavy atom. The Labute approximate surface area is 132 Å². The summed E-state index contributed by atoms with van der Waals surface area (Å²) in [5.74, 6) is -0.101. The first-order chi connectivity index (χ1) is 10.5. The first-order valence-electron chi connectivity index (χ1n) is 7.83. The number of esters is 1. The lowest BCUT2D eigenvalue weighted by atomic mass is 9.88. The van der Waals surface area contributed by atoms with Crippen LogP contribution in [0.25, 0.3) is 0 Å². The van der Waals surface area contributed by atoms with Gasteiger partial charge < -0.3 is 15.4 Å². The Hall–Kier alpha value is -2.04. The van der Waals surface area contributed by atoms with Crippen LogP contribution in [0.1, 0.15) is 38.2 Å². The topological polar surface area (TPSA) is 79.4 Å². The molecule has 1 fully saturated rings. The first kappa shape index (κ1) is 16.3. The third-order valence-electron chi connectivity index (χ3n) is 4.14. The molecule has 22 heavy (non-hydrogen) atoms.